The first-order valence-corrected chi connectivity index (χ1v) is 7.24. The van der Waals surface area contributed by atoms with Gasteiger partial charge in [0.1, 0.15) is 0 Å². The predicted molar refractivity (Wildman–Crippen MR) is 79.8 cm³/mol. The van der Waals surface area contributed by atoms with Gasteiger partial charge in [-0.05, 0) is 51.3 Å². The lowest BCUT2D eigenvalue weighted by molar-refractivity contribution is 0.134. The second kappa shape index (κ2) is 4.72. The van der Waals surface area contributed by atoms with Crippen LogP contribution in [-0.2, 0) is 6.54 Å². The van der Waals surface area contributed by atoms with Crippen LogP contribution in [0.25, 0.3) is 11.2 Å². The van der Waals surface area contributed by atoms with E-state index < -0.39 is 0 Å². The van der Waals surface area contributed by atoms with Crippen molar-refractivity contribution < 1.29 is 0 Å². The van der Waals surface area contributed by atoms with E-state index in [2.05, 4.69) is 33.5 Å². The number of nitrogens with zero attached hydrogens (tertiary/aromatic N) is 3. The Kier molecular flexibility index (Phi) is 3.19. The first kappa shape index (κ1) is 12.8. The second-order valence-electron chi connectivity index (χ2n) is 5.72. The number of imidazole rings is 1. The largest absolute Gasteiger partial charge is 0.329 e. The zero-order chi connectivity index (χ0) is 13.5. The summed E-state index contributed by atoms with van der Waals surface area (Å²) in [7, 11) is 4.36. The number of nitrogens with one attached hydrogen (secondary N) is 1. The van der Waals surface area contributed by atoms with Crippen molar-refractivity contribution >= 4 is 23.4 Å². The van der Waals surface area contributed by atoms with Crippen LogP contribution in [0.15, 0.2) is 18.3 Å². The lowest BCUT2D eigenvalue weighted by atomic mass is 9.96. The van der Waals surface area contributed by atoms with E-state index >= 15 is 0 Å². The van der Waals surface area contributed by atoms with Crippen molar-refractivity contribution in [1.29, 1.82) is 0 Å². The fourth-order valence-corrected chi connectivity index (χ4v) is 3.47. The molecule has 0 bridgehead atoms. The Labute approximate surface area is 118 Å². The van der Waals surface area contributed by atoms with Crippen molar-refractivity contribution in [2.45, 2.75) is 37.8 Å². The van der Waals surface area contributed by atoms with Crippen LogP contribution >= 0.6 is 12.2 Å². The van der Waals surface area contributed by atoms with Gasteiger partial charge < -0.3 is 9.88 Å². The third kappa shape index (κ3) is 2.11. The SMILES string of the molecule is CN(C)C1(Cn2c(=S)[nH]c3cccnc32)CCCC1. The summed E-state index contributed by atoms with van der Waals surface area (Å²) >= 11 is 5.47. The lowest BCUT2D eigenvalue weighted by Crippen LogP contribution is -2.45. The summed E-state index contributed by atoms with van der Waals surface area (Å²) in [6.45, 7) is 0.926. The highest BCUT2D eigenvalue weighted by atomic mass is 32.1. The standard InChI is InChI=1S/C14H20N4S/c1-17(2)14(7-3-4-8-14)10-18-12-11(16-13(18)19)6-5-9-15-12/h5-6,9H,3-4,7-8,10H2,1-2H3,(H,16,19). The number of hydrogen-bond acceptors (Lipinski definition) is 3. The molecule has 0 aromatic carbocycles. The summed E-state index contributed by atoms with van der Waals surface area (Å²) in [6.07, 6.45) is 6.92. The molecular weight excluding hydrogens is 256 g/mol. The maximum Gasteiger partial charge on any atom is 0.179 e. The Hall–Kier alpha value is -1.20. The number of aromatic nitrogens is 3. The summed E-state index contributed by atoms with van der Waals surface area (Å²) in [6, 6.07) is 3.97. The molecule has 1 saturated carbocycles. The number of likely N-dealkylation sites (N-methyl/N-ethyl adjacent to an activating group) is 1. The maximum absolute atomic E-state index is 5.47. The molecule has 5 heteroatoms. The van der Waals surface area contributed by atoms with Gasteiger partial charge in [-0.3, -0.25) is 4.57 Å². The number of hydrogen-bond donors (Lipinski definition) is 1. The second-order valence-corrected chi connectivity index (χ2v) is 6.10. The normalized spacial score (nSPS) is 18.5. The van der Waals surface area contributed by atoms with E-state index in [1.165, 1.54) is 25.7 Å². The summed E-state index contributed by atoms with van der Waals surface area (Å²) in [4.78, 5) is 10.1. The Morgan fingerprint density at radius 3 is 2.84 bits per heavy atom. The minimum absolute atomic E-state index is 0.227. The highest BCUT2D eigenvalue weighted by Crippen LogP contribution is 2.35. The molecule has 3 rings (SSSR count). The van der Waals surface area contributed by atoms with Gasteiger partial charge in [-0.15, -0.1) is 0 Å². The van der Waals surface area contributed by atoms with Crippen LogP contribution in [0.3, 0.4) is 0 Å². The molecule has 0 unspecified atom stereocenters. The molecule has 0 atom stereocenters. The van der Waals surface area contributed by atoms with Crippen molar-refractivity contribution in [3.63, 3.8) is 0 Å². The molecule has 0 spiro atoms. The Balaban J connectivity index is 2.05. The van der Waals surface area contributed by atoms with Crippen LogP contribution in [-0.4, -0.2) is 39.1 Å². The quantitative estimate of drug-likeness (QED) is 0.876. The van der Waals surface area contributed by atoms with E-state index in [0.29, 0.717) is 0 Å². The molecule has 1 fully saturated rings. The lowest BCUT2D eigenvalue weighted by Gasteiger charge is -2.36. The van der Waals surface area contributed by atoms with Crippen molar-refractivity contribution in [1.82, 2.24) is 19.4 Å². The van der Waals surface area contributed by atoms with Crippen molar-refractivity contribution in [2.75, 3.05) is 14.1 Å². The van der Waals surface area contributed by atoms with E-state index in [1.54, 1.807) is 0 Å². The Bertz CT molecular complexity index is 634. The summed E-state index contributed by atoms with van der Waals surface area (Å²) in [5.74, 6) is 0. The fraction of sp³-hybridized carbons (Fsp3) is 0.571. The van der Waals surface area contributed by atoms with Gasteiger partial charge in [0, 0.05) is 18.3 Å². The number of fused-ring (bicyclic) bond motifs is 1. The smallest absolute Gasteiger partial charge is 0.179 e. The molecule has 2 heterocycles. The van der Waals surface area contributed by atoms with Crippen molar-refractivity contribution in [3.8, 4) is 0 Å². The first-order valence-electron chi connectivity index (χ1n) is 6.83. The molecule has 0 saturated heterocycles. The zero-order valence-corrected chi connectivity index (χ0v) is 12.3. The highest BCUT2D eigenvalue weighted by molar-refractivity contribution is 7.71. The van der Waals surface area contributed by atoms with Gasteiger partial charge in [0.05, 0.1) is 5.52 Å². The average Bonchev–Trinajstić information content (AvgIpc) is 2.97. The Morgan fingerprint density at radius 2 is 2.16 bits per heavy atom. The summed E-state index contributed by atoms with van der Waals surface area (Å²) in [5.41, 5.74) is 2.23. The molecule has 1 aliphatic rings. The third-order valence-corrected chi connectivity index (χ3v) is 4.79. The molecule has 19 heavy (non-hydrogen) atoms. The summed E-state index contributed by atoms with van der Waals surface area (Å²) < 4.78 is 2.94. The van der Waals surface area contributed by atoms with E-state index in [4.69, 9.17) is 12.2 Å². The maximum atomic E-state index is 5.47. The third-order valence-electron chi connectivity index (χ3n) is 4.46. The van der Waals surface area contributed by atoms with Crippen molar-refractivity contribution in [3.05, 3.63) is 23.1 Å². The topological polar surface area (TPSA) is 36.9 Å². The van der Waals surface area contributed by atoms with Gasteiger partial charge in [-0.25, -0.2) is 4.98 Å². The molecule has 0 radical (unpaired) electrons. The highest BCUT2D eigenvalue weighted by Gasteiger charge is 2.36. The van der Waals surface area contributed by atoms with Gasteiger partial charge in [-0.1, -0.05) is 12.8 Å². The molecule has 2 aromatic rings. The molecule has 0 aliphatic heterocycles. The molecule has 102 valence electrons. The molecular formula is C14H20N4S. The number of aromatic amines is 1. The fourth-order valence-electron chi connectivity index (χ4n) is 3.21. The number of rotatable bonds is 3. The van der Waals surface area contributed by atoms with Gasteiger partial charge in [0.15, 0.2) is 10.4 Å². The molecule has 0 amide bonds. The zero-order valence-electron chi connectivity index (χ0n) is 11.5. The minimum atomic E-state index is 0.227. The van der Waals surface area contributed by atoms with Crippen LogP contribution in [0.5, 0.6) is 0 Å². The van der Waals surface area contributed by atoms with Crippen LogP contribution in [0.4, 0.5) is 0 Å². The number of pyridine rings is 1. The number of H-pyrrole nitrogens is 1. The predicted octanol–water partition coefficient (Wildman–Crippen LogP) is 2.97. The van der Waals surface area contributed by atoms with Gasteiger partial charge in [0.25, 0.3) is 0 Å². The average molecular weight is 276 g/mol. The Morgan fingerprint density at radius 1 is 1.42 bits per heavy atom. The van der Waals surface area contributed by atoms with E-state index in [-0.39, 0.29) is 5.54 Å². The molecule has 4 nitrogen and oxygen atoms in total. The summed E-state index contributed by atoms with van der Waals surface area (Å²) in [5, 5.41) is 0. The van der Waals surface area contributed by atoms with Crippen LogP contribution in [0.1, 0.15) is 25.7 Å². The van der Waals surface area contributed by atoms with E-state index in [0.717, 1.165) is 22.5 Å². The van der Waals surface area contributed by atoms with Crippen LogP contribution in [0, 0.1) is 4.77 Å². The van der Waals surface area contributed by atoms with Gasteiger partial charge in [-0.2, -0.15) is 0 Å². The molecule has 2 aromatic heterocycles. The minimum Gasteiger partial charge on any atom is -0.329 e. The van der Waals surface area contributed by atoms with Gasteiger partial charge in [0.2, 0.25) is 0 Å². The van der Waals surface area contributed by atoms with Crippen LogP contribution < -0.4 is 0 Å². The molecule has 1 N–H and O–H groups in total. The monoisotopic (exact) mass is 276 g/mol. The van der Waals surface area contributed by atoms with Crippen molar-refractivity contribution in [2.24, 2.45) is 0 Å². The first-order chi connectivity index (χ1) is 9.12. The van der Waals surface area contributed by atoms with Gasteiger partial charge >= 0.3 is 0 Å². The van der Waals surface area contributed by atoms with E-state index in [9.17, 15) is 0 Å². The van der Waals surface area contributed by atoms with E-state index in [1.807, 2.05) is 18.3 Å². The molecule has 1 aliphatic carbocycles. The van der Waals surface area contributed by atoms with Crippen LogP contribution in [0.2, 0.25) is 0 Å².